The van der Waals surface area contributed by atoms with Crippen molar-refractivity contribution in [2.24, 2.45) is 5.73 Å². The van der Waals surface area contributed by atoms with Crippen LogP contribution in [0.3, 0.4) is 0 Å². The summed E-state index contributed by atoms with van der Waals surface area (Å²) < 4.78 is 0. The van der Waals surface area contributed by atoms with E-state index < -0.39 is 0 Å². The molecule has 2 aliphatic rings. The minimum Gasteiger partial charge on any atom is -0.336 e. The predicted octanol–water partition coefficient (Wildman–Crippen LogP) is 1.80. The minimum atomic E-state index is 0.166. The number of hydrogen-bond acceptors (Lipinski definition) is 3. The van der Waals surface area contributed by atoms with Crippen molar-refractivity contribution in [1.82, 2.24) is 4.90 Å². The van der Waals surface area contributed by atoms with Gasteiger partial charge in [0.05, 0.1) is 4.88 Å². The second-order valence-corrected chi connectivity index (χ2v) is 6.20. The van der Waals surface area contributed by atoms with Gasteiger partial charge in [-0.05, 0) is 43.7 Å². The lowest BCUT2D eigenvalue weighted by molar-refractivity contribution is 0.0713. The van der Waals surface area contributed by atoms with Crippen LogP contribution in [-0.2, 0) is 12.8 Å². The highest BCUT2D eigenvalue weighted by atomic mass is 32.1. The van der Waals surface area contributed by atoms with Crippen LogP contribution in [-0.4, -0.2) is 29.9 Å². The fraction of sp³-hybridized carbons (Fsp3) is 0.615. The lowest BCUT2D eigenvalue weighted by Gasteiger charge is -2.30. The average molecular weight is 250 g/mol. The topological polar surface area (TPSA) is 46.3 Å². The number of carbonyl (C=O) groups excluding carboxylic acids is 1. The molecule has 0 saturated carbocycles. The van der Waals surface area contributed by atoms with E-state index >= 15 is 0 Å². The Labute approximate surface area is 106 Å². The number of carbonyl (C=O) groups is 1. The molecule has 1 fully saturated rings. The van der Waals surface area contributed by atoms with Crippen LogP contribution < -0.4 is 5.73 Å². The first-order valence-electron chi connectivity index (χ1n) is 6.40. The molecule has 1 atom stereocenters. The van der Waals surface area contributed by atoms with Gasteiger partial charge in [0.25, 0.3) is 5.91 Å². The van der Waals surface area contributed by atoms with Crippen molar-refractivity contribution in [3.63, 3.8) is 0 Å². The van der Waals surface area contributed by atoms with Crippen molar-refractivity contribution >= 4 is 17.2 Å². The lowest BCUT2D eigenvalue weighted by Crippen LogP contribution is -2.45. The van der Waals surface area contributed by atoms with Crippen LogP contribution in [0.2, 0.25) is 0 Å². The molecule has 17 heavy (non-hydrogen) atoms. The van der Waals surface area contributed by atoms with Crippen LogP contribution in [0.15, 0.2) is 6.07 Å². The molecule has 92 valence electrons. The van der Waals surface area contributed by atoms with Gasteiger partial charge in [-0.2, -0.15) is 0 Å². The molecule has 1 aliphatic carbocycles. The maximum Gasteiger partial charge on any atom is 0.263 e. The highest BCUT2D eigenvalue weighted by Gasteiger charge is 2.25. The maximum absolute atomic E-state index is 12.3. The van der Waals surface area contributed by atoms with Crippen LogP contribution in [0.4, 0.5) is 0 Å². The van der Waals surface area contributed by atoms with Gasteiger partial charge in [0.2, 0.25) is 0 Å². The SMILES string of the molecule is NC1CCCN(C(=O)c2cc3c(s2)CCC3)C1. The first-order valence-corrected chi connectivity index (χ1v) is 7.22. The third kappa shape index (κ3) is 2.11. The number of piperidine rings is 1. The molecule has 3 rings (SSSR count). The molecule has 2 heterocycles. The van der Waals surface area contributed by atoms with Crippen LogP contribution in [0.25, 0.3) is 0 Å². The van der Waals surface area contributed by atoms with Crippen molar-refractivity contribution in [2.45, 2.75) is 38.1 Å². The molecule has 4 heteroatoms. The monoisotopic (exact) mass is 250 g/mol. The highest BCUT2D eigenvalue weighted by Crippen LogP contribution is 2.31. The molecule has 0 aromatic carbocycles. The van der Waals surface area contributed by atoms with Crippen molar-refractivity contribution in [3.8, 4) is 0 Å². The normalized spacial score (nSPS) is 23.8. The Morgan fingerprint density at radius 2 is 2.29 bits per heavy atom. The van der Waals surface area contributed by atoms with E-state index in [1.165, 1.54) is 16.9 Å². The summed E-state index contributed by atoms with van der Waals surface area (Å²) >= 11 is 1.69. The van der Waals surface area contributed by atoms with Gasteiger partial charge in [-0.3, -0.25) is 4.79 Å². The number of likely N-dealkylation sites (tertiary alicyclic amines) is 1. The van der Waals surface area contributed by atoms with Gasteiger partial charge in [-0.15, -0.1) is 11.3 Å². The fourth-order valence-corrected chi connectivity index (χ4v) is 4.01. The summed E-state index contributed by atoms with van der Waals surface area (Å²) in [5.74, 6) is 0.194. The molecule has 1 aliphatic heterocycles. The number of hydrogen-bond donors (Lipinski definition) is 1. The number of nitrogens with two attached hydrogens (primary N) is 1. The molecular formula is C13H18N2OS. The summed E-state index contributed by atoms with van der Waals surface area (Å²) in [4.78, 5) is 16.6. The summed E-state index contributed by atoms with van der Waals surface area (Å²) in [6, 6.07) is 2.27. The van der Waals surface area contributed by atoms with Crippen molar-refractivity contribution in [1.29, 1.82) is 0 Å². The van der Waals surface area contributed by atoms with Gasteiger partial charge in [0.15, 0.2) is 0 Å². The van der Waals surface area contributed by atoms with Crippen LogP contribution in [0.5, 0.6) is 0 Å². The number of aryl methyl sites for hydroxylation is 2. The second kappa shape index (κ2) is 4.42. The molecule has 1 unspecified atom stereocenters. The molecule has 1 amide bonds. The Bertz CT molecular complexity index is 419. The van der Waals surface area contributed by atoms with Crippen LogP contribution in [0, 0.1) is 0 Å². The molecule has 2 N–H and O–H groups in total. The van der Waals surface area contributed by atoms with E-state index in [1.54, 1.807) is 11.3 Å². The molecule has 0 bridgehead atoms. The van der Waals surface area contributed by atoms with E-state index in [2.05, 4.69) is 6.07 Å². The van der Waals surface area contributed by atoms with E-state index in [-0.39, 0.29) is 11.9 Å². The maximum atomic E-state index is 12.3. The second-order valence-electron chi connectivity index (χ2n) is 5.07. The van der Waals surface area contributed by atoms with Crippen molar-refractivity contribution < 1.29 is 4.79 Å². The van der Waals surface area contributed by atoms with Gasteiger partial charge in [0.1, 0.15) is 0 Å². The quantitative estimate of drug-likeness (QED) is 0.826. The zero-order valence-corrected chi connectivity index (χ0v) is 10.8. The van der Waals surface area contributed by atoms with Gasteiger partial charge in [-0.1, -0.05) is 0 Å². The number of amides is 1. The predicted molar refractivity (Wildman–Crippen MR) is 69.5 cm³/mol. The molecule has 3 nitrogen and oxygen atoms in total. The number of rotatable bonds is 1. The first kappa shape index (κ1) is 11.2. The van der Waals surface area contributed by atoms with E-state index in [0.29, 0.717) is 0 Å². The number of thiophene rings is 1. The molecule has 1 saturated heterocycles. The zero-order valence-electron chi connectivity index (χ0n) is 9.95. The number of nitrogens with zero attached hydrogens (tertiary/aromatic N) is 1. The largest absolute Gasteiger partial charge is 0.336 e. The fourth-order valence-electron chi connectivity index (χ4n) is 2.78. The van der Waals surface area contributed by atoms with Gasteiger partial charge in [0, 0.05) is 24.0 Å². The van der Waals surface area contributed by atoms with Crippen molar-refractivity contribution in [2.75, 3.05) is 13.1 Å². The van der Waals surface area contributed by atoms with E-state index in [4.69, 9.17) is 5.73 Å². The minimum absolute atomic E-state index is 0.166. The average Bonchev–Trinajstić information content (AvgIpc) is 2.88. The molecule has 0 radical (unpaired) electrons. The van der Waals surface area contributed by atoms with Crippen molar-refractivity contribution in [3.05, 3.63) is 21.4 Å². The standard InChI is InChI=1S/C13H18N2OS/c14-10-4-2-6-15(8-10)13(16)12-7-9-3-1-5-11(9)17-12/h7,10H,1-6,8,14H2. The zero-order chi connectivity index (χ0) is 11.8. The Morgan fingerprint density at radius 1 is 1.41 bits per heavy atom. The third-order valence-electron chi connectivity index (χ3n) is 3.70. The van der Waals surface area contributed by atoms with E-state index in [0.717, 1.165) is 43.6 Å². The Kier molecular flexibility index (Phi) is 2.92. The molecular weight excluding hydrogens is 232 g/mol. The smallest absolute Gasteiger partial charge is 0.263 e. The summed E-state index contributed by atoms with van der Waals surface area (Å²) in [5, 5.41) is 0. The Hall–Kier alpha value is -0.870. The third-order valence-corrected chi connectivity index (χ3v) is 4.93. The summed E-state index contributed by atoms with van der Waals surface area (Å²) in [7, 11) is 0. The molecule has 0 spiro atoms. The van der Waals surface area contributed by atoms with Crippen LogP contribution >= 0.6 is 11.3 Å². The Balaban J connectivity index is 1.76. The van der Waals surface area contributed by atoms with Gasteiger partial charge < -0.3 is 10.6 Å². The van der Waals surface area contributed by atoms with E-state index in [9.17, 15) is 4.79 Å². The molecule has 1 aromatic heterocycles. The Morgan fingerprint density at radius 3 is 3.06 bits per heavy atom. The van der Waals surface area contributed by atoms with Crippen LogP contribution in [0.1, 0.15) is 39.4 Å². The lowest BCUT2D eigenvalue weighted by atomic mass is 10.1. The summed E-state index contributed by atoms with van der Waals surface area (Å²) in [6.45, 7) is 1.59. The van der Waals surface area contributed by atoms with E-state index in [1.807, 2.05) is 4.90 Å². The summed E-state index contributed by atoms with van der Waals surface area (Å²) in [6.07, 6.45) is 5.65. The number of fused-ring (bicyclic) bond motifs is 1. The molecule has 1 aromatic rings. The highest BCUT2D eigenvalue weighted by molar-refractivity contribution is 7.14. The van der Waals surface area contributed by atoms with Gasteiger partial charge >= 0.3 is 0 Å². The van der Waals surface area contributed by atoms with Gasteiger partial charge in [-0.25, -0.2) is 0 Å². The first-order chi connectivity index (χ1) is 8.24. The summed E-state index contributed by atoms with van der Waals surface area (Å²) in [5.41, 5.74) is 7.33.